The maximum atomic E-state index is 12.5. The number of hydrogen-bond donors (Lipinski definition) is 1. The van der Waals surface area contributed by atoms with Crippen LogP contribution in [0.5, 0.6) is 0 Å². The molecule has 1 aromatic carbocycles. The van der Waals surface area contributed by atoms with Gasteiger partial charge < -0.3 is 10.5 Å². The van der Waals surface area contributed by atoms with Crippen molar-refractivity contribution in [3.05, 3.63) is 28.8 Å². The van der Waals surface area contributed by atoms with Gasteiger partial charge in [-0.3, -0.25) is 4.79 Å². The Kier molecular flexibility index (Phi) is 4.82. The molecule has 116 valence electrons. The molecule has 1 atom stereocenters. The molecule has 1 aromatic rings. The van der Waals surface area contributed by atoms with Crippen molar-refractivity contribution in [1.82, 2.24) is 0 Å². The summed E-state index contributed by atoms with van der Waals surface area (Å²) in [4.78, 5) is 12.5. The molecular weight excluding hydrogens is 286 g/mol. The van der Waals surface area contributed by atoms with Gasteiger partial charge in [-0.05, 0) is 63.6 Å². The first-order chi connectivity index (χ1) is 9.76. The zero-order chi connectivity index (χ0) is 15.6. The van der Waals surface area contributed by atoms with Gasteiger partial charge in [-0.25, -0.2) is 0 Å². The summed E-state index contributed by atoms with van der Waals surface area (Å²) in [6.07, 6.45) is 4.08. The van der Waals surface area contributed by atoms with Crippen LogP contribution in [0.3, 0.4) is 0 Å². The Bertz CT molecular complexity index is 518. The van der Waals surface area contributed by atoms with Gasteiger partial charge in [-0.2, -0.15) is 0 Å². The Morgan fingerprint density at radius 2 is 2.10 bits per heavy atom. The molecule has 1 fully saturated rings. The highest BCUT2D eigenvalue weighted by molar-refractivity contribution is 6.33. The van der Waals surface area contributed by atoms with E-state index in [9.17, 15) is 4.79 Å². The SMILES string of the molecule is CC(C)(C)OC(=O)C(Cc1ccc(Cl)c(N)c1)C1CCC1. The van der Waals surface area contributed by atoms with E-state index in [1.54, 1.807) is 6.07 Å². The van der Waals surface area contributed by atoms with E-state index in [4.69, 9.17) is 22.1 Å². The summed E-state index contributed by atoms with van der Waals surface area (Å²) in [6.45, 7) is 5.72. The number of benzene rings is 1. The van der Waals surface area contributed by atoms with E-state index in [2.05, 4.69) is 0 Å². The molecule has 1 saturated carbocycles. The van der Waals surface area contributed by atoms with Crippen LogP contribution in [-0.4, -0.2) is 11.6 Å². The second-order valence-electron chi connectivity index (χ2n) is 6.89. The minimum atomic E-state index is -0.446. The first-order valence-corrected chi connectivity index (χ1v) is 7.91. The van der Waals surface area contributed by atoms with Gasteiger partial charge in [-0.15, -0.1) is 0 Å². The third-order valence-electron chi connectivity index (χ3n) is 3.94. The smallest absolute Gasteiger partial charge is 0.310 e. The first kappa shape index (κ1) is 16.2. The lowest BCUT2D eigenvalue weighted by Gasteiger charge is -2.34. The molecule has 1 aliphatic rings. The third kappa shape index (κ3) is 4.37. The van der Waals surface area contributed by atoms with Crippen molar-refractivity contribution in [2.24, 2.45) is 11.8 Å². The molecule has 0 amide bonds. The number of nitrogens with two attached hydrogens (primary N) is 1. The number of nitrogen functional groups attached to an aromatic ring is 1. The molecule has 3 nitrogen and oxygen atoms in total. The van der Waals surface area contributed by atoms with Crippen molar-refractivity contribution in [1.29, 1.82) is 0 Å². The molecule has 0 spiro atoms. The number of carbonyl (C=O) groups is 1. The predicted octanol–water partition coefficient (Wildman–Crippen LogP) is 4.22. The van der Waals surface area contributed by atoms with Crippen LogP contribution < -0.4 is 5.73 Å². The fourth-order valence-corrected chi connectivity index (χ4v) is 2.75. The molecule has 0 aromatic heterocycles. The average molecular weight is 310 g/mol. The molecule has 1 aliphatic carbocycles. The number of ether oxygens (including phenoxy) is 1. The van der Waals surface area contributed by atoms with Gasteiger partial charge in [0.2, 0.25) is 0 Å². The lowest BCUT2D eigenvalue weighted by Crippen LogP contribution is -2.36. The van der Waals surface area contributed by atoms with Gasteiger partial charge in [0.05, 0.1) is 16.6 Å². The first-order valence-electron chi connectivity index (χ1n) is 7.53. The fraction of sp³-hybridized carbons (Fsp3) is 0.588. The van der Waals surface area contributed by atoms with E-state index < -0.39 is 5.60 Å². The fourth-order valence-electron chi connectivity index (χ4n) is 2.64. The highest BCUT2D eigenvalue weighted by Crippen LogP contribution is 2.37. The van der Waals surface area contributed by atoms with E-state index in [0.29, 0.717) is 23.0 Å². The lowest BCUT2D eigenvalue weighted by atomic mass is 9.73. The van der Waals surface area contributed by atoms with Gasteiger partial charge in [-0.1, -0.05) is 24.1 Å². The summed E-state index contributed by atoms with van der Waals surface area (Å²) >= 11 is 5.95. The Balaban J connectivity index is 2.12. The molecule has 0 saturated heterocycles. The second kappa shape index (κ2) is 6.27. The minimum absolute atomic E-state index is 0.0847. The quantitative estimate of drug-likeness (QED) is 0.669. The van der Waals surface area contributed by atoms with Crippen molar-refractivity contribution in [3.8, 4) is 0 Å². The standard InChI is InChI=1S/C17H24ClNO2/c1-17(2,3)21-16(20)13(12-5-4-6-12)9-11-7-8-14(18)15(19)10-11/h7-8,10,12-13H,4-6,9,19H2,1-3H3. The van der Waals surface area contributed by atoms with Crippen molar-refractivity contribution < 1.29 is 9.53 Å². The summed E-state index contributed by atoms with van der Waals surface area (Å²) in [7, 11) is 0. The van der Waals surface area contributed by atoms with Gasteiger partial charge in [0, 0.05) is 0 Å². The summed E-state index contributed by atoms with van der Waals surface area (Å²) in [6, 6.07) is 5.59. The zero-order valence-corrected chi connectivity index (χ0v) is 13.7. The van der Waals surface area contributed by atoms with Gasteiger partial charge in [0.25, 0.3) is 0 Å². The van der Waals surface area contributed by atoms with Crippen molar-refractivity contribution >= 4 is 23.3 Å². The Hall–Kier alpha value is -1.22. The largest absolute Gasteiger partial charge is 0.460 e. The monoisotopic (exact) mass is 309 g/mol. The van der Waals surface area contributed by atoms with Crippen LogP contribution in [0.2, 0.25) is 5.02 Å². The Labute approximate surface area is 131 Å². The molecule has 4 heteroatoms. The maximum absolute atomic E-state index is 12.5. The van der Waals surface area contributed by atoms with Crippen molar-refractivity contribution in [2.75, 3.05) is 5.73 Å². The number of halogens is 1. The van der Waals surface area contributed by atoms with Gasteiger partial charge in [0.15, 0.2) is 0 Å². The number of hydrogen-bond acceptors (Lipinski definition) is 3. The summed E-state index contributed by atoms with van der Waals surface area (Å²) < 4.78 is 5.59. The topological polar surface area (TPSA) is 52.3 Å². The third-order valence-corrected chi connectivity index (χ3v) is 4.29. The van der Waals surface area contributed by atoms with Crippen LogP contribution in [0.15, 0.2) is 18.2 Å². The number of anilines is 1. The second-order valence-corrected chi connectivity index (χ2v) is 7.30. The van der Waals surface area contributed by atoms with Crippen molar-refractivity contribution in [3.63, 3.8) is 0 Å². The molecule has 0 heterocycles. The van der Waals surface area contributed by atoms with E-state index in [0.717, 1.165) is 18.4 Å². The molecule has 21 heavy (non-hydrogen) atoms. The van der Waals surface area contributed by atoms with E-state index >= 15 is 0 Å². The molecule has 0 radical (unpaired) electrons. The highest BCUT2D eigenvalue weighted by atomic mass is 35.5. The molecular formula is C17H24ClNO2. The van der Waals surface area contributed by atoms with Crippen LogP contribution in [-0.2, 0) is 16.0 Å². The van der Waals surface area contributed by atoms with Gasteiger partial charge in [0.1, 0.15) is 5.60 Å². The van der Waals surface area contributed by atoms with Crippen molar-refractivity contribution in [2.45, 2.75) is 52.1 Å². The molecule has 0 aliphatic heterocycles. The maximum Gasteiger partial charge on any atom is 0.310 e. The summed E-state index contributed by atoms with van der Waals surface area (Å²) in [5, 5.41) is 0.552. The molecule has 0 bridgehead atoms. The Morgan fingerprint density at radius 3 is 2.57 bits per heavy atom. The number of carbonyl (C=O) groups excluding carboxylic acids is 1. The Morgan fingerprint density at radius 1 is 1.43 bits per heavy atom. The van der Waals surface area contributed by atoms with Crippen LogP contribution in [0, 0.1) is 11.8 Å². The summed E-state index contributed by atoms with van der Waals surface area (Å²) in [5.74, 6) is 0.246. The average Bonchev–Trinajstić information content (AvgIpc) is 2.28. The van der Waals surface area contributed by atoms with Crippen LogP contribution >= 0.6 is 11.6 Å². The molecule has 2 N–H and O–H groups in total. The van der Waals surface area contributed by atoms with Crippen LogP contribution in [0.4, 0.5) is 5.69 Å². The minimum Gasteiger partial charge on any atom is -0.460 e. The lowest BCUT2D eigenvalue weighted by molar-refractivity contribution is -0.163. The highest BCUT2D eigenvalue weighted by Gasteiger charge is 2.35. The van der Waals surface area contributed by atoms with E-state index in [1.165, 1.54) is 6.42 Å². The van der Waals surface area contributed by atoms with E-state index in [1.807, 2.05) is 32.9 Å². The number of esters is 1. The van der Waals surface area contributed by atoms with Gasteiger partial charge >= 0.3 is 5.97 Å². The molecule has 2 rings (SSSR count). The van der Waals surface area contributed by atoms with E-state index in [-0.39, 0.29) is 11.9 Å². The predicted molar refractivity (Wildman–Crippen MR) is 86.2 cm³/mol. The zero-order valence-electron chi connectivity index (χ0n) is 13.0. The molecule has 1 unspecified atom stereocenters. The number of rotatable bonds is 4. The normalized spacial score (nSPS) is 17.1. The van der Waals surface area contributed by atoms with Crippen LogP contribution in [0.25, 0.3) is 0 Å². The van der Waals surface area contributed by atoms with Crippen LogP contribution in [0.1, 0.15) is 45.6 Å². The summed E-state index contributed by atoms with van der Waals surface area (Å²) in [5.41, 5.74) is 7.00.